The Hall–Kier alpha value is -2.81. The molecule has 2 aromatic heterocycles. The zero-order chi connectivity index (χ0) is 19.4. The molecule has 1 atom stereocenters. The SMILES string of the molecule is CN(C(=O)c1cccc(C(=O)NCc2ccncc2)n1)C1CCS(=O)(=O)C1. The van der Waals surface area contributed by atoms with Crippen LogP contribution in [0.3, 0.4) is 0 Å². The maximum atomic E-state index is 12.6. The normalized spacial score (nSPS) is 18.0. The third kappa shape index (κ3) is 4.68. The molecule has 1 fully saturated rings. The van der Waals surface area contributed by atoms with Crippen LogP contribution in [-0.4, -0.2) is 59.7 Å². The van der Waals surface area contributed by atoms with Crippen LogP contribution in [0.5, 0.6) is 0 Å². The smallest absolute Gasteiger partial charge is 0.272 e. The van der Waals surface area contributed by atoms with Crippen molar-refractivity contribution in [3.05, 3.63) is 59.7 Å². The van der Waals surface area contributed by atoms with Crippen LogP contribution in [0.15, 0.2) is 42.7 Å². The molecule has 3 rings (SSSR count). The number of aromatic nitrogens is 2. The zero-order valence-electron chi connectivity index (χ0n) is 14.8. The molecule has 1 N–H and O–H groups in total. The molecule has 3 heterocycles. The lowest BCUT2D eigenvalue weighted by Crippen LogP contribution is -2.38. The summed E-state index contributed by atoms with van der Waals surface area (Å²) in [7, 11) is -1.53. The predicted molar refractivity (Wildman–Crippen MR) is 98.8 cm³/mol. The molecule has 0 bridgehead atoms. The van der Waals surface area contributed by atoms with Crippen LogP contribution in [0, 0.1) is 0 Å². The van der Waals surface area contributed by atoms with E-state index in [-0.39, 0.29) is 28.9 Å². The largest absolute Gasteiger partial charge is 0.347 e. The minimum absolute atomic E-state index is 0.0403. The second-order valence-electron chi connectivity index (χ2n) is 6.42. The van der Waals surface area contributed by atoms with E-state index in [1.54, 1.807) is 37.6 Å². The number of rotatable bonds is 5. The minimum atomic E-state index is -3.09. The van der Waals surface area contributed by atoms with Crippen molar-refractivity contribution >= 4 is 21.7 Å². The van der Waals surface area contributed by atoms with E-state index in [0.717, 1.165) is 5.56 Å². The average Bonchev–Trinajstić information content (AvgIpc) is 3.05. The minimum Gasteiger partial charge on any atom is -0.347 e. The van der Waals surface area contributed by atoms with Crippen molar-refractivity contribution < 1.29 is 18.0 Å². The highest BCUT2D eigenvalue weighted by Crippen LogP contribution is 2.18. The average molecular weight is 388 g/mol. The first-order valence-corrected chi connectivity index (χ1v) is 10.3. The maximum Gasteiger partial charge on any atom is 0.272 e. The summed E-state index contributed by atoms with van der Waals surface area (Å²) in [5.74, 6) is -0.755. The summed E-state index contributed by atoms with van der Waals surface area (Å²) in [4.78, 5) is 34.4. The topological polar surface area (TPSA) is 109 Å². The Morgan fingerprint density at radius 2 is 1.89 bits per heavy atom. The summed E-state index contributed by atoms with van der Waals surface area (Å²) in [5.41, 5.74) is 1.13. The van der Waals surface area contributed by atoms with Gasteiger partial charge in [-0.2, -0.15) is 0 Å². The van der Waals surface area contributed by atoms with E-state index in [2.05, 4.69) is 15.3 Å². The van der Waals surface area contributed by atoms with Gasteiger partial charge in [0.15, 0.2) is 9.84 Å². The van der Waals surface area contributed by atoms with Gasteiger partial charge >= 0.3 is 0 Å². The van der Waals surface area contributed by atoms with Gasteiger partial charge in [0.05, 0.1) is 11.5 Å². The van der Waals surface area contributed by atoms with Gasteiger partial charge in [-0.1, -0.05) is 6.07 Å². The molecule has 0 radical (unpaired) electrons. The maximum absolute atomic E-state index is 12.6. The summed E-state index contributed by atoms with van der Waals surface area (Å²) in [6, 6.07) is 7.84. The van der Waals surface area contributed by atoms with Crippen molar-refractivity contribution in [3.8, 4) is 0 Å². The standard InChI is InChI=1S/C18H20N4O4S/c1-22(14-7-10-27(25,26)12-14)18(24)16-4-2-3-15(21-16)17(23)20-11-13-5-8-19-9-6-13/h2-6,8-9,14H,7,10-12H2,1H3,(H,20,23). The molecular weight excluding hydrogens is 368 g/mol. The van der Waals surface area contributed by atoms with Gasteiger partial charge in [0, 0.05) is 32.0 Å². The number of hydrogen-bond donors (Lipinski definition) is 1. The fourth-order valence-corrected chi connectivity index (χ4v) is 4.66. The first kappa shape index (κ1) is 19.0. The van der Waals surface area contributed by atoms with Crippen molar-refractivity contribution in [1.29, 1.82) is 0 Å². The monoisotopic (exact) mass is 388 g/mol. The van der Waals surface area contributed by atoms with Crippen LogP contribution >= 0.6 is 0 Å². The van der Waals surface area contributed by atoms with Gasteiger partial charge in [-0.3, -0.25) is 14.6 Å². The Balaban J connectivity index is 1.67. The van der Waals surface area contributed by atoms with Crippen molar-refractivity contribution in [3.63, 3.8) is 0 Å². The molecule has 2 aromatic rings. The summed E-state index contributed by atoms with van der Waals surface area (Å²) in [5, 5.41) is 2.74. The quantitative estimate of drug-likeness (QED) is 0.806. The summed E-state index contributed by atoms with van der Waals surface area (Å²) >= 11 is 0. The number of carbonyl (C=O) groups is 2. The molecule has 0 saturated carbocycles. The van der Waals surface area contributed by atoms with Crippen molar-refractivity contribution in [2.75, 3.05) is 18.6 Å². The third-order valence-electron chi connectivity index (χ3n) is 4.48. The molecule has 0 spiro atoms. The summed E-state index contributed by atoms with van der Waals surface area (Å²) in [6.07, 6.45) is 3.69. The van der Waals surface area contributed by atoms with E-state index >= 15 is 0 Å². The van der Waals surface area contributed by atoms with Gasteiger partial charge in [0.1, 0.15) is 11.4 Å². The van der Waals surface area contributed by atoms with Crippen LogP contribution < -0.4 is 5.32 Å². The molecular formula is C18H20N4O4S. The van der Waals surface area contributed by atoms with E-state index in [4.69, 9.17) is 0 Å². The third-order valence-corrected chi connectivity index (χ3v) is 6.23. The number of amides is 2. The fourth-order valence-electron chi connectivity index (χ4n) is 2.88. The Morgan fingerprint density at radius 1 is 1.19 bits per heavy atom. The van der Waals surface area contributed by atoms with Crippen LogP contribution in [0.2, 0.25) is 0 Å². The van der Waals surface area contributed by atoms with E-state index in [1.165, 1.54) is 17.0 Å². The van der Waals surface area contributed by atoms with E-state index in [0.29, 0.717) is 13.0 Å². The number of carbonyl (C=O) groups excluding carboxylic acids is 2. The first-order valence-electron chi connectivity index (χ1n) is 8.47. The van der Waals surface area contributed by atoms with Crippen LogP contribution in [-0.2, 0) is 16.4 Å². The molecule has 9 heteroatoms. The highest BCUT2D eigenvalue weighted by atomic mass is 32.2. The molecule has 2 amide bonds. The van der Waals surface area contributed by atoms with E-state index < -0.39 is 21.7 Å². The van der Waals surface area contributed by atoms with Gasteiger partial charge in [-0.05, 0) is 36.2 Å². The molecule has 1 unspecified atom stereocenters. The van der Waals surface area contributed by atoms with Gasteiger partial charge in [-0.15, -0.1) is 0 Å². The summed E-state index contributed by atoms with van der Waals surface area (Å²) in [6.45, 7) is 0.320. The Morgan fingerprint density at radius 3 is 2.56 bits per heavy atom. The Kier molecular flexibility index (Phi) is 5.50. The lowest BCUT2D eigenvalue weighted by atomic mass is 10.2. The van der Waals surface area contributed by atoms with Gasteiger partial charge in [-0.25, -0.2) is 13.4 Å². The first-order chi connectivity index (χ1) is 12.9. The van der Waals surface area contributed by atoms with Crippen LogP contribution in [0.4, 0.5) is 0 Å². The molecule has 0 aliphatic carbocycles. The van der Waals surface area contributed by atoms with Crippen LogP contribution in [0.1, 0.15) is 33.0 Å². The zero-order valence-corrected chi connectivity index (χ0v) is 15.6. The second kappa shape index (κ2) is 7.83. The number of nitrogens with zero attached hydrogens (tertiary/aromatic N) is 3. The Labute approximate surface area is 157 Å². The van der Waals surface area contributed by atoms with Gasteiger partial charge < -0.3 is 10.2 Å². The molecule has 0 aromatic carbocycles. The number of nitrogens with one attached hydrogen (secondary N) is 1. The van der Waals surface area contributed by atoms with Gasteiger partial charge in [0.2, 0.25) is 0 Å². The summed E-state index contributed by atoms with van der Waals surface area (Å²) < 4.78 is 23.3. The molecule has 1 aliphatic rings. The molecule has 142 valence electrons. The molecule has 8 nitrogen and oxygen atoms in total. The number of sulfone groups is 1. The number of hydrogen-bond acceptors (Lipinski definition) is 6. The molecule has 1 saturated heterocycles. The van der Waals surface area contributed by atoms with E-state index in [9.17, 15) is 18.0 Å². The highest BCUT2D eigenvalue weighted by molar-refractivity contribution is 7.91. The molecule has 27 heavy (non-hydrogen) atoms. The Bertz CT molecular complexity index is 947. The van der Waals surface area contributed by atoms with E-state index in [1.807, 2.05) is 0 Å². The van der Waals surface area contributed by atoms with Crippen molar-refractivity contribution in [2.24, 2.45) is 0 Å². The highest BCUT2D eigenvalue weighted by Gasteiger charge is 2.33. The number of pyridine rings is 2. The fraction of sp³-hybridized carbons (Fsp3) is 0.333. The van der Waals surface area contributed by atoms with Crippen LogP contribution in [0.25, 0.3) is 0 Å². The predicted octanol–water partition coefficient (Wildman–Crippen LogP) is 0.666. The van der Waals surface area contributed by atoms with Crippen molar-refractivity contribution in [1.82, 2.24) is 20.2 Å². The lowest BCUT2D eigenvalue weighted by Gasteiger charge is -2.23. The van der Waals surface area contributed by atoms with Gasteiger partial charge in [0.25, 0.3) is 11.8 Å². The lowest BCUT2D eigenvalue weighted by molar-refractivity contribution is 0.0741. The van der Waals surface area contributed by atoms with Crippen molar-refractivity contribution in [2.45, 2.75) is 19.0 Å². The second-order valence-corrected chi connectivity index (χ2v) is 8.65. The molecule has 1 aliphatic heterocycles.